The van der Waals surface area contributed by atoms with Gasteiger partial charge in [0.2, 0.25) is 5.91 Å². The van der Waals surface area contributed by atoms with Crippen LogP contribution in [0.25, 0.3) is 0 Å². The van der Waals surface area contributed by atoms with Crippen molar-refractivity contribution in [2.45, 2.75) is 38.1 Å². The van der Waals surface area contributed by atoms with Gasteiger partial charge in [0.15, 0.2) is 11.5 Å². The van der Waals surface area contributed by atoms with Crippen LogP contribution in [-0.2, 0) is 4.79 Å². The van der Waals surface area contributed by atoms with E-state index in [-0.39, 0.29) is 11.8 Å². The predicted octanol–water partition coefficient (Wildman–Crippen LogP) is 1.91. The zero-order valence-electron chi connectivity index (χ0n) is 16.9. The number of carbonyl (C=O) groups excluding carboxylic acids is 2. The lowest BCUT2D eigenvalue weighted by molar-refractivity contribution is -0.132. The van der Waals surface area contributed by atoms with Crippen molar-refractivity contribution >= 4 is 11.8 Å². The number of nitrogens with zero attached hydrogens (tertiary/aromatic N) is 2. The number of ether oxygens (including phenoxy) is 2. The Hall–Kier alpha value is -2.28. The monoisotopic (exact) mass is 389 g/mol. The molecule has 0 bridgehead atoms. The first kappa shape index (κ1) is 20.5. The maximum absolute atomic E-state index is 13.0. The number of rotatable bonds is 7. The molecule has 28 heavy (non-hydrogen) atoms. The van der Waals surface area contributed by atoms with Crippen molar-refractivity contribution in [1.82, 2.24) is 15.1 Å². The second kappa shape index (κ2) is 9.78. The minimum absolute atomic E-state index is 0.0249. The summed E-state index contributed by atoms with van der Waals surface area (Å²) in [6, 6.07) is 4.51. The van der Waals surface area contributed by atoms with Crippen molar-refractivity contribution in [2.24, 2.45) is 0 Å². The third kappa shape index (κ3) is 4.95. The summed E-state index contributed by atoms with van der Waals surface area (Å²) in [6.07, 6.45) is 5.60. The van der Waals surface area contributed by atoms with E-state index in [1.807, 2.05) is 4.90 Å². The third-order valence-corrected chi connectivity index (χ3v) is 5.56. The Kier molecular flexibility index (Phi) is 7.14. The number of methoxy groups -OCH3 is 2. The Balaban J connectivity index is 1.73. The van der Waals surface area contributed by atoms with Gasteiger partial charge in [-0.1, -0.05) is 6.42 Å². The van der Waals surface area contributed by atoms with Gasteiger partial charge in [0.25, 0.3) is 5.91 Å². The Bertz CT molecular complexity index is 682. The second-order valence-electron chi connectivity index (χ2n) is 7.49. The summed E-state index contributed by atoms with van der Waals surface area (Å²) in [7, 11) is 3.09. The Morgan fingerprint density at radius 2 is 1.61 bits per heavy atom. The highest BCUT2D eigenvalue weighted by Crippen LogP contribution is 2.27. The minimum atomic E-state index is -0.531. The molecule has 2 aliphatic heterocycles. The van der Waals surface area contributed by atoms with Crippen molar-refractivity contribution in [3.63, 3.8) is 0 Å². The lowest BCUT2D eigenvalue weighted by Crippen LogP contribution is -2.54. The maximum atomic E-state index is 13.0. The molecule has 0 aromatic heterocycles. The SMILES string of the molecule is COc1ccc(C(=O)NC(CN2CCCCC2)C(=O)N2CCCC2)cc1OC. The second-order valence-corrected chi connectivity index (χ2v) is 7.49. The van der Waals surface area contributed by atoms with Crippen LogP contribution in [0.5, 0.6) is 11.5 Å². The highest BCUT2D eigenvalue weighted by Gasteiger charge is 2.30. The Labute approximate surface area is 167 Å². The molecule has 1 atom stereocenters. The van der Waals surface area contributed by atoms with Crippen molar-refractivity contribution in [3.8, 4) is 11.5 Å². The number of hydrogen-bond acceptors (Lipinski definition) is 5. The highest BCUT2D eigenvalue weighted by molar-refractivity contribution is 5.98. The summed E-state index contributed by atoms with van der Waals surface area (Å²) in [5.74, 6) is 0.818. The highest BCUT2D eigenvalue weighted by atomic mass is 16.5. The van der Waals surface area contributed by atoms with E-state index in [1.54, 1.807) is 25.3 Å². The first-order chi connectivity index (χ1) is 13.6. The molecule has 0 radical (unpaired) electrons. The van der Waals surface area contributed by atoms with E-state index in [4.69, 9.17) is 9.47 Å². The van der Waals surface area contributed by atoms with E-state index >= 15 is 0 Å². The van der Waals surface area contributed by atoms with Crippen molar-refractivity contribution in [2.75, 3.05) is 46.9 Å². The standard InChI is InChI=1S/C21H31N3O4/c1-27-18-9-8-16(14-19(18)28-2)20(25)22-17(15-23-10-4-3-5-11-23)21(26)24-12-6-7-13-24/h8-9,14,17H,3-7,10-13,15H2,1-2H3,(H,22,25). The van der Waals surface area contributed by atoms with E-state index in [9.17, 15) is 9.59 Å². The van der Waals surface area contributed by atoms with Crippen LogP contribution >= 0.6 is 0 Å². The number of hydrogen-bond donors (Lipinski definition) is 1. The number of benzene rings is 1. The summed E-state index contributed by atoms with van der Waals surface area (Å²) in [6.45, 7) is 4.09. The summed E-state index contributed by atoms with van der Waals surface area (Å²) in [5, 5.41) is 2.98. The molecule has 2 amide bonds. The Morgan fingerprint density at radius 3 is 2.25 bits per heavy atom. The van der Waals surface area contributed by atoms with Crippen LogP contribution < -0.4 is 14.8 Å². The molecular formula is C21H31N3O4. The molecule has 2 heterocycles. The molecule has 2 fully saturated rings. The van der Waals surface area contributed by atoms with E-state index in [1.165, 1.54) is 13.5 Å². The van der Waals surface area contributed by atoms with Gasteiger partial charge >= 0.3 is 0 Å². The molecular weight excluding hydrogens is 358 g/mol. The van der Waals surface area contributed by atoms with Gasteiger partial charge in [-0.05, 0) is 57.0 Å². The summed E-state index contributed by atoms with van der Waals surface area (Å²) < 4.78 is 10.5. The van der Waals surface area contributed by atoms with Gasteiger partial charge in [0, 0.05) is 25.2 Å². The first-order valence-corrected chi connectivity index (χ1v) is 10.2. The molecule has 0 saturated carbocycles. The number of nitrogens with one attached hydrogen (secondary N) is 1. The van der Waals surface area contributed by atoms with Crippen LogP contribution in [0.4, 0.5) is 0 Å². The number of piperidine rings is 1. The van der Waals surface area contributed by atoms with Crippen LogP contribution in [0.2, 0.25) is 0 Å². The van der Waals surface area contributed by atoms with Gasteiger partial charge in [-0.15, -0.1) is 0 Å². The molecule has 1 aromatic carbocycles. The molecule has 1 unspecified atom stereocenters. The topological polar surface area (TPSA) is 71.1 Å². The van der Waals surface area contributed by atoms with E-state index in [0.29, 0.717) is 23.6 Å². The first-order valence-electron chi connectivity index (χ1n) is 10.2. The van der Waals surface area contributed by atoms with Crippen molar-refractivity contribution in [1.29, 1.82) is 0 Å². The average Bonchev–Trinajstić information content (AvgIpc) is 3.27. The average molecular weight is 389 g/mol. The molecule has 1 aromatic rings. The molecule has 2 aliphatic rings. The Morgan fingerprint density at radius 1 is 0.964 bits per heavy atom. The molecule has 0 spiro atoms. The van der Waals surface area contributed by atoms with Crippen LogP contribution in [0.15, 0.2) is 18.2 Å². The van der Waals surface area contributed by atoms with Crippen LogP contribution in [-0.4, -0.2) is 74.6 Å². The van der Waals surface area contributed by atoms with Crippen molar-refractivity contribution < 1.29 is 19.1 Å². The quantitative estimate of drug-likeness (QED) is 0.771. The summed E-state index contributed by atoms with van der Waals surface area (Å²) in [4.78, 5) is 30.1. The summed E-state index contributed by atoms with van der Waals surface area (Å²) in [5.41, 5.74) is 0.454. The number of carbonyl (C=O) groups is 2. The van der Waals surface area contributed by atoms with E-state index < -0.39 is 6.04 Å². The molecule has 7 nitrogen and oxygen atoms in total. The van der Waals surface area contributed by atoms with E-state index in [2.05, 4.69) is 10.2 Å². The molecule has 3 rings (SSSR count). The van der Waals surface area contributed by atoms with Crippen LogP contribution in [0.1, 0.15) is 42.5 Å². The normalized spacial score (nSPS) is 18.6. The largest absolute Gasteiger partial charge is 0.493 e. The fraction of sp³-hybridized carbons (Fsp3) is 0.619. The molecule has 2 saturated heterocycles. The van der Waals surface area contributed by atoms with Gasteiger partial charge in [-0.3, -0.25) is 9.59 Å². The molecule has 154 valence electrons. The maximum Gasteiger partial charge on any atom is 0.252 e. The zero-order chi connectivity index (χ0) is 19.9. The fourth-order valence-corrected chi connectivity index (χ4v) is 3.96. The lowest BCUT2D eigenvalue weighted by Gasteiger charge is -2.32. The molecule has 0 aliphatic carbocycles. The van der Waals surface area contributed by atoms with Gasteiger partial charge in [-0.2, -0.15) is 0 Å². The van der Waals surface area contributed by atoms with Gasteiger partial charge in [0.1, 0.15) is 6.04 Å². The summed E-state index contributed by atoms with van der Waals surface area (Å²) >= 11 is 0. The fourth-order valence-electron chi connectivity index (χ4n) is 3.96. The predicted molar refractivity (Wildman–Crippen MR) is 107 cm³/mol. The third-order valence-electron chi connectivity index (χ3n) is 5.56. The van der Waals surface area contributed by atoms with Gasteiger partial charge in [-0.25, -0.2) is 0 Å². The van der Waals surface area contributed by atoms with Gasteiger partial charge in [0.05, 0.1) is 14.2 Å². The van der Waals surface area contributed by atoms with Crippen molar-refractivity contribution in [3.05, 3.63) is 23.8 Å². The lowest BCUT2D eigenvalue weighted by atomic mass is 10.1. The van der Waals surface area contributed by atoms with Crippen LogP contribution in [0, 0.1) is 0 Å². The zero-order valence-corrected chi connectivity index (χ0v) is 16.9. The number of likely N-dealkylation sites (tertiary alicyclic amines) is 2. The molecule has 1 N–H and O–H groups in total. The number of amides is 2. The minimum Gasteiger partial charge on any atom is -0.493 e. The van der Waals surface area contributed by atoms with Crippen LogP contribution in [0.3, 0.4) is 0 Å². The van der Waals surface area contributed by atoms with E-state index in [0.717, 1.165) is 51.9 Å². The molecule has 7 heteroatoms. The van der Waals surface area contributed by atoms with Gasteiger partial charge < -0.3 is 24.6 Å². The smallest absolute Gasteiger partial charge is 0.252 e.